The summed E-state index contributed by atoms with van der Waals surface area (Å²) in [4.78, 5) is 4.49. The molecule has 2 N–H and O–H groups in total. The average Bonchev–Trinajstić information content (AvgIpc) is 2.58. The first-order valence-electron chi connectivity index (χ1n) is 8.59. The van der Waals surface area contributed by atoms with Gasteiger partial charge in [-0.1, -0.05) is 23.7 Å². The van der Waals surface area contributed by atoms with Crippen LogP contribution in [-0.4, -0.2) is 57.7 Å². The minimum atomic E-state index is -3.11. The van der Waals surface area contributed by atoms with Gasteiger partial charge in [0, 0.05) is 38.2 Å². The number of hydrogen-bond donors (Lipinski definition) is 2. The van der Waals surface area contributed by atoms with Gasteiger partial charge >= 0.3 is 0 Å². The van der Waals surface area contributed by atoms with E-state index in [4.69, 9.17) is 11.6 Å². The molecule has 1 rings (SSSR count). The molecule has 0 saturated heterocycles. The molecule has 150 valence electrons. The summed E-state index contributed by atoms with van der Waals surface area (Å²) < 4.78 is 24.8. The maximum Gasteiger partial charge on any atom is 0.213 e. The highest BCUT2D eigenvalue weighted by Gasteiger charge is 2.13. The molecule has 0 heterocycles. The summed E-state index contributed by atoms with van der Waals surface area (Å²) >= 11 is 5.99. The minimum Gasteiger partial charge on any atom is -0.357 e. The molecule has 0 aliphatic carbocycles. The van der Waals surface area contributed by atoms with Crippen molar-refractivity contribution in [1.29, 1.82) is 0 Å². The summed E-state index contributed by atoms with van der Waals surface area (Å²) in [5, 5.41) is 7.21. The number of benzene rings is 1. The number of hydrogen-bond acceptors (Lipinski definition) is 3. The molecule has 0 unspecified atom stereocenters. The van der Waals surface area contributed by atoms with Crippen LogP contribution in [0, 0.1) is 0 Å². The Hall–Kier alpha value is -0.580. The topological polar surface area (TPSA) is 73.8 Å². The van der Waals surface area contributed by atoms with Gasteiger partial charge in [0.15, 0.2) is 5.96 Å². The molecule has 1 aromatic carbocycles. The Labute approximate surface area is 179 Å². The van der Waals surface area contributed by atoms with Crippen molar-refractivity contribution < 1.29 is 8.42 Å². The molecule has 9 heteroatoms. The Bertz CT molecular complexity index is 656. The molecule has 6 nitrogen and oxygen atoms in total. The molecule has 0 saturated carbocycles. The predicted molar refractivity (Wildman–Crippen MR) is 121 cm³/mol. The van der Waals surface area contributed by atoms with Crippen molar-refractivity contribution in [1.82, 2.24) is 14.9 Å². The summed E-state index contributed by atoms with van der Waals surface area (Å²) in [6.45, 7) is 6.22. The second-order valence-electron chi connectivity index (χ2n) is 5.64. The van der Waals surface area contributed by atoms with Gasteiger partial charge in [0.1, 0.15) is 0 Å². The van der Waals surface area contributed by atoms with Crippen LogP contribution in [0.15, 0.2) is 29.3 Å². The Kier molecular flexibility index (Phi) is 13.3. The molecule has 0 atom stereocenters. The van der Waals surface area contributed by atoms with Crippen molar-refractivity contribution in [2.24, 2.45) is 4.99 Å². The van der Waals surface area contributed by atoms with E-state index in [1.165, 1.54) is 9.87 Å². The van der Waals surface area contributed by atoms with Crippen molar-refractivity contribution in [2.45, 2.75) is 26.7 Å². The zero-order valence-corrected chi connectivity index (χ0v) is 19.6. The number of guanidine groups is 1. The van der Waals surface area contributed by atoms with Crippen LogP contribution in [0.5, 0.6) is 0 Å². The van der Waals surface area contributed by atoms with Crippen LogP contribution in [0.4, 0.5) is 0 Å². The van der Waals surface area contributed by atoms with E-state index in [0.29, 0.717) is 19.5 Å². The zero-order chi connectivity index (χ0) is 18.7. The predicted octanol–water partition coefficient (Wildman–Crippen LogP) is 2.73. The molecule has 0 fully saturated rings. The third kappa shape index (κ3) is 9.94. The van der Waals surface area contributed by atoms with Crippen LogP contribution in [0.2, 0.25) is 5.02 Å². The lowest BCUT2D eigenvalue weighted by Crippen LogP contribution is -2.38. The Morgan fingerprint density at radius 1 is 1.27 bits per heavy atom. The van der Waals surface area contributed by atoms with Gasteiger partial charge < -0.3 is 10.6 Å². The second-order valence-corrected chi connectivity index (χ2v) is 8.44. The van der Waals surface area contributed by atoms with E-state index >= 15 is 0 Å². The van der Waals surface area contributed by atoms with Crippen LogP contribution in [0.3, 0.4) is 0 Å². The first-order valence-corrected chi connectivity index (χ1v) is 10.6. The van der Waals surface area contributed by atoms with Crippen molar-refractivity contribution >= 4 is 51.6 Å². The summed E-state index contributed by atoms with van der Waals surface area (Å²) in [5.41, 5.74) is 1.17. The highest BCUT2D eigenvalue weighted by atomic mass is 127. The van der Waals surface area contributed by atoms with E-state index in [1.54, 1.807) is 14.0 Å². The molecule has 0 bridgehead atoms. The van der Waals surface area contributed by atoms with E-state index in [1.807, 2.05) is 31.2 Å². The van der Waals surface area contributed by atoms with Gasteiger partial charge in [-0.15, -0.1) is 24.0 Å². The molecule has 0 aliphatic rings. The zero-order valence-electron chi connectivity index (χ0n) is 15.7. The van der Waals surface area contributed by atoms with Gasteiger partial charge in [-0.3, -0.25) is 4.99 Å². The van der Waals surface area contributed by atoms with Crippen LogP contribution < -0.4 is 10.6 Å². The molecular formula is C17H30ClIN4O2S. The monoisotopic (exact) mass is 516 g/mol. The maximum absolute atomic E-state index is 11.7. The third-order valence-electron chi connectivity index (χ3n) is 3.68. The molecule has 0 amide bonds. The van der Waals surface area contributed by atoms with Gasteiger partial charge in [0.2, 0.25) is 10.0 Å². The molecule has 1 aromatic rings. The lowest BCUT2D eigenvalue weighted by Gasteiger charge is -2.15. The van der Waals surface area contributed by atoms with Crippen LogP contribution in [-0.2, 0) is 16.4 Å². The molecule has 0 aliphatic heterocycles. The van der Waals surface area contributed by atoms with E-state index in [-0.39, 0.29) is 29.7 Å². The lowest BCUT2D eigenvalue weighted by molar-refractivity contribution is 0.465. The highest BCUT2D eigenvalue weighted by Crippen LogP contribution is 2.10. The standard InChI is InChI=1S/C17H29ClN4O2S.HI/c1-4-19-17(20-11-7-13-22(3)25(23,24)5-2)21-12-10-15-8-6-9-16(18)14-15;/h6,8-9,14H,4-5,7,10-13H2,1-3H3,(H2,19,20,21);1H. The minimum absolute atomic E-state index is 0. The van der Waals surface area contributed by atoms with Crippen molar-refractivity contribution in [3.63, 3.8) is 0 Å². The summed E-state index contributed by atoms with van der Waals surface area (Å²) in [5.74, 6) is 0.867. The SMILES string of the molecule is CCNC(=NCCCN(C)S(=O)(=O)CC)NCCc1cccc(Cl)c1.I. The summed E-state index contributed by atoms with van der Waals surface area (Å²) in [6, 6.07) is 7.80. The van der Waals surface area contributed by atoms with E-state index in [2.05, 4.69) is 15.6 Å². The van der Waals surface area contributed by atoms with Gasteiger partial charge in [0.25, 0.3) is 0 Å². The fraction of sp³-hybridized carbons (Fsp3) is 0.588. The fourth-order valence-corrected chi connectivity index (χ4v) is 3.26. The molecule has 0 aromatic heterocycles. The number of aliphatic imine (C=N–C) groups is 1. The van der Waals surface area contributed by atoms with Gasteiger partial charge in [-0.05, 0) is 44.4 Å². The number of rotatable bonds is 10. The molecule has 0 radical (unpaired) electrons. The maximum atomic E-state index is 11.7. The van der Waals surface area contributed by atoms with Gasteiger partial charge in [-0.25, -0.2) is 12.7 Å². The Balaban J connectivity index is 0.00000625. The third-order valence-corrected chi connectivity index (χ3v) is 5.78. The number of nitrogens with zero attached hydrogens (tertiary/aromatic N) is 2. The second kappa shape index (κ2) is 13.6. The molecular weight excluding hydrogens is 487 g/mol. The Morgan fingerprint density at radius 3 is 2.62 bits per heavy atom. The number of nitrogens with one attached hydrogen (secondary N) is 2. The van der Waals surface area contributed by atoms with Crippen LogP contribution >= 0.6 is 35.6 Å². The lowest BCUT2D eigenvalue weighted by atomic mass is 10.1. The average molecular weight is 517 g/mol. The smallest absolute Gasteiger partial charge is 0.213 e. The van der Waals surface area contributed by atoms with Gasteiger partial charge in [0.05, 0.1) is 5.75 Å². The largest absolute Gasteiger partial charge is 0.357 e. The number of sulfonamides is 1. The van der Waals surface area contributed by atoms with Gasteiger partial charge in [-0.2, -0.15) is 0 Å². The molecule has 0 spiro atoms. The van der Waals surface area contributed by atoms with E-state index < -0.39 is 10.0 Å². The highest BCUT2D eigenvalue weighted by molar-refractivity contribution is 14.0. The van der Waals surface area contributed by atoms with E-state index in [0.717, 1.165) is 30.5 Å². The van der Waals surface area contributed by atoms with Crippen LogP contribution in [0.25, 0.3) is 0 Å². The first kappa shape index (κ1) is 25.4. The number of halogens is 2. The van der Waals surface area contributed by atoms with Crippen LogP contribution in [0.1, 0.15) is 25.8 Å². The normalized spacial score (nSPS) is 12.0. The fourth-order valence-electron chi connectivity index (χ4n) is 2.20. The summed E-state index contributed by atoms with van der Waals surface area (Å²) in [6.07, 6.45) is 1.53. The van der Waals surface area contributed by atoms with Crippen molar-refractivity contribution in [3.05, 3.63) is 34.9 Å². The molecule has 26 heavy (non-hydrogen) atoms. The van der Waals surface area contributed by atoms with Crippen molar-refractivity contribution in [3.8, 4) is 0 Å². The Morgan fingerprint density at radius 2 is 2.00 bits per heavy atom. The summed E-state index contributed by atoms with van der Waals surface area (Å²) in [7, 11) is -1.51. The first-order chi connectivity index (χ1) is 11.9. The van der Waals surface area contributed by atoms with Crippen molar-refractivity contribution in [2.75, 3.05) is 39.0 Å². The van der Waals surface area contributed by atoms with E-state index in [9.17, 15) is 8.42 Å². The quantitative estimate of drug-likeness (QED) is 0.217.